The van der Waals surface area contributed by atoms with Gasteiger partial charge in [-0.05, 0) is 20.8 Å². The fourth-order valence-electron chi connectivity index (χ4n) is 0.342. The second-order valence-electron chi connectivity index (χ2n) is 4.60. The molecule has 0 unspecified atom stereocenters. The number of nitrogens with zero attached hydrogens (tertiary/aromatic N) is 1. The van der Waals surface area contributed by atoms with Crippen molar-refractivity contribution in [3.8, 4) is 0 Å². The molecule has 0 aliphatic rings. The smallest absolute Gasteiger partial charge is 0.265 e. The number of amides is 2. The van der Waals surface area contributed by atoms with Crippen LogP contribution in [0.3, 0.4) is 0 Å². The number of methoxy groups -OCH3 is 1. The van der Waals surface area contributed by atoms with Crippen molar-refractivity contribution in [3.63, 3.8) is 0 Å². The first-order chi connectivity index (χ1) is 9.69. The normalized spacial score (nSPS) is 8.67. The van der Waals surface area contributed by atoms with Crippen molar-refractivity contribution in [1.82, 2.24) is 10.4 Å². The minimum atomic E-state index is -0.297. The van der Waals surface area contributed by atoms with Gasteiger partial charge in [0, 0.05) is 14.2 Å². The summed E-state index contributed by atoms with van der Waals surface area (Å²) in [5, 5.41) is 3.25. The van der Waals surface area contributed by atoms with Crippen LogP contribution < -0.4 is 5.32 Å². The summed E-state index contributed by atoms with van der Waals surface area (Å²) >= 11 is 0. The first kappa shape index (κ1) is 28.1. The van der Waals surface area contributed by atoms with Gasteiger partial charge in [0.15, 0.2) is 0 Å². The maximum atomic E-state index is 10.7. The maximum absolute atomic E-state index is 10.7. The first-order valence-corrected chi connectivity index (χ1v) is 7.22. The zero-order chi connectivity index (χ0) is 17.9. The van der Waals surface area contributed by atoms with E-state index in [0.717, 1.165) is 5.06 Å². The summed E-state index contributed by atoms with van der Waals surface area (Å²) in [5.41, 5.74) is 0.0417. The topological polar surface area (TPSA) is 67.9 Å². The van der Waals surface area contributed by atoms with Gasteiger partial charge in [0.1, 0.15) is 0 Å². The highest BCUT2D eigenvalue weighted by Gasteiger charge is 2.05. The lowest BCUT2D eigenvalue weighted by molar-refractivity contribution is -0.167. The standard InChI is InChI=1S/C5H10N2O3.C5H12O.C3H8.C2H6/c1-7(10-2)5(9)3-6-4-8;1-5(2,3)6-4;1-3-2;1-2/h4H,3H2,1-2H3,(H,6,8);1-4H3;3H2,1-2H3;1-2H3. The Morgan fingerprint density at radius 3 is 1.71 bits per heavy atom. The number of carbonyl (C=O) groups excluding carboxylic acids is 2. The van der Waals surface area contributed by atoms with Gasteiger partial charge in [-0.2, -0.15) is 0 Å². The van der Waals surface area contributed by atoms with Crippen LogP contribution in [0.2, 0.25) is 0 Å². The molecule has 21 heavy (non-hydrogen) atoms. The first-order valence-electron chi connectivity index (χ1n) is 7.22. The number of hydroxylamine groups is 2. The maximum Gasteiger partial charge on any atom is 0.265 e. The van der Waals surface area contributed by atoms with Crippen LogP contribution in [-0.2, 0) is 19.2 Å². The van der Waals surface area contributed by atoms with Gasteiger partial charge in [0.25, 0.3) is 5.91 Å². The summed E-state index contributed by atoms with van der Waals surface area (Å²) in [5.74, 6) is -0.297. The van der Waals surface area contributed by atoms with Gasteiger partial charge >= 0.3 is 0 Å². The van der Waals surface area contributed by atoms with E-state index in [1.807, 2.05) is 34.6 Å². The van der Waals surface area contributed by atoms with E-state index in [0.29, 0.717) is 6.41 Å². The summed E-state index contributed by atoms with van der Waals surface area (Å²) < 4.78 is 4.94. The molecule has 1 N–H and O–H groups in total. The number of nitrogens with one attached hydrogen (secondary N) is 1. The number of hydrogen-bond donors (Lipinski definition) is 1. The van der Waals surface area contributed by atoms with Gasteiger partial charge in [-0.15, -0.1) is 0 Å². The molecule has 0 aliphatic heterocycles. The molecule has 0 bridgehead atoms. The highest BCUT2D eigenvalue weighted by atomic mass is 16.7. The van der Waals surface area contributed by atoms with Crippen LogP contribution >= 0.6 is 0 Å². The van der Waals surface area contributed by atoms with Crippen LogP contribution in [0.5, 0.6) is 0 Å². The van der Waals surface area contributed by atoms with Crippen LogP contribution in [0.4, 0.5) is 0 Å². The molecule has 0 aliphatic carbocycles. The summed E-state index contributed by atoms with van der Waals surface area (Å²) in [4.78, 5) is 24.9. The van der Waals surface area contributed by atoms with E-state index in [4.69, 9.17) is 4.74 Å². The summed E-state index contributed by atoms with van der Waals surface area (Å²) in [7, 11) is 4.55. The van der Waals surface area contributed by atoms with Crippen molar-refractivity contribution in [1.29, 1.82) is 0 Å². The van der Waals surface area contributed by atoms with Crippen molar-refractivity contribution in [2.45, 2.75) is 60.5 Å². The van der Waals surface area contributed by atoms with Gasteiger partial charge in [-0.25, -0.2) is 5.06 Å². The molecule has 0 aromatic carbocycles. The van der Waals surface area contributed by atoms with Gasteiger partial charge < -0.3 is 10.1 Å². The van der Waals surface area contributed by atoms with Gasteiger partial charge in [-0.1, -0.05) is 34.1 Å². The lowest BCUT2D eigenvalue weighted by Crippen LogP contribution is -2.34. The summed E-state index contributed by atoms with van der Waals surface area (Å²) in [6, 6.07) is 0. The van der Waals surface area contributed by atoms with Crippen molar-refractivity contribution < 1.29 is 19.2 Å². The molecular formula is C15H36N2O4. The number of hydrogen-bond acceptors (Lipinski definition) is 4. The van der Waals surface area contributed by atoms with Crippen molar-refractivity contribution >= 4 is 12.3 Å². The van der Waals surface area contributed by atoms with Crippen LogP contribution in [0, 0.1) is 0 Å². The molecule has 130 valence electrons. The minimum Gasteiger partial charge on any atom is -0.379 e. The molecule has 6 heteroatoms. The Labute approximate surface area is 131 Å². The molecule has 0 radical (unpaired) electrons. The lowest BCUT2D eigenvalue weighted by Gasteiger charge is -2.14. The van der Waals surface area contributed by atoms with Crippen LogP contribution in [0.1, 0.15) is 54.9 Å². The quantitative estimate of drug-likeness (QED) is 0.640. The van der Waals surface area contributed by atoms with Crippen molar-refractivity contribution in [3.05, 3.63) is 0 Å². The zero-order valence-corrected chi connectivity index (χ0v) is 15.6. The van der Waals surface area contributed by atoms with Crippen molar-refractivity contribution in [2.24, 2.45) is 0 Å². The average Bonchev–Trinajstić information content (AvgIpc) is 2.46. The zero-order valence-electron chi connectivity index (χ0n) is 15.6. The van der Waals surface area contributed by atoms with E-state index in [1.165, 1.54) is 20.6 Å². The second-order valence-corrected chi connectivity index (χ2v) is 4.60. The van der Waals surface area contributed by atoms with Gasteiger partial charge in [0.05, 0.1) is 19.3 Å². The number of likely N-dealkylation sites (N-methyl/N-ethyl adjacent to an activating group) is 1. The number of carbonyl (C=O) groups is 2. The van der Waals surface area contributed by atoms with Crippen LogP contribution in [0.15, 0.2) is 0 Å². The van der Waals surface area contributed by atoms with Gasteiger partial charge in [0.2, 0.25) is 6.41 Å². The Balaban J connectivity index is -0.000000112. The molecule has 6 nitrogen and oxygen atoms in total. The molecular weight excluding hydrogens is 272 g/mol. The van der Waals surface area contributed by atoms with E-state index in [-0.39, 0.29) is 18.1 Å². The van der Waals surface area contributed by atoms with E-state index in [1.54, 1.807) is 7.11 Å². The molecule has 0 aromatic rings. The molecule has 2 amide bonds. The van der Waals surface area contributed by atoms with Crippen molar-refractivity contribution in [2.75, 3.05) is 27.8 Å². The Hall–Kier alpha value is -1.14. The molecule has 0 rings (SSSR count). The molecule has 0 spiro atoms. The van der Waals surface area contributed by atoms with E-state index >= 15 is 0 Å². The number of ether oxygens (including phenoxy) is 1. The number of rotatable bonds is 4. The molecule has 0 heterocycles. The predicted molar refractivity (Wildman–Crippen MR) is 87.9 cm³/mol. The predicted octanol–water partition coefficient (Wildman–Crippen LogP) is 2.63. The SMILES string of the molecule is CC.CCC.COC(C)(C)C.CON(C)C(=O)CNC=O. The third-order valence-corrected chi connectivity index (χ3v) is 1.57. The fourth-order valence-corrected chi connectivity index (χ4v) is 0.342. The Morgan fingerprint density at radius 1 is 1.19 bits per heavy atom. The highest BCUT2D eigenvalue weighted by molar-refractivity contribution is 5.78. The Kier molecular flexibility index (Phi) is 28.3. The molecule has 0 saturated heterocycles. The van der Waals surface area contributed by atoms with E-state index in [2.05, 4.69) is 24.0 Å². The second kappa shape index (κ2) is 21.2. The van der Waals surface area contributed by atoms with Gasteiger partial charge in [-0.3, -0.25) is 14.4 Å². The Bertz CT molecular complexity index is 216. The van der Waals surface area contributed by atoms with Crippen LogP contribution in [-0.4, -0.2) is 50.8 Å². The third kappa shape index (κ3) is 38.1. The summed E-state index contributed by atoms with van der Waals surface area (Å²) in [6.45, 7) is 14.3. The monoisotopic (exact) mass is 308 g/mol. The highest BCUT2D eigenvalue weighted by Crippen LogP contribution is 2.02. The summed E-state index contributed by atoms with van der Waals surface area (Å²) in [6.07, 6.45) is 1.71. The molecule has 0 aromatic heterocycles. The lowest BCUT2D eigenvalue weighted by atomic mass is 10.2. The largest absolute Gasteiger partial charge is 0.379 e. The minimum absolute atomic E-state index is 0.0339. The average molecular weight is 308 g/mol. The van der Waals surface area contributed by atoms with E-state index in [9.17, 15) is 9.59 Å². The van der Waals surface area contributed by atoms with E-state index < -0.39 is 0 Å². The molecule has 0 saturated carbocycles. The molecule has 0 atom stereocenters. The third-order valence-electron chi connectivity index (χ3n) is 1.57. The fraction of sp³-hybridized carbons (Fsp3) is 0.867. The molecule has 0 fully saturated rings. The Morgan fingerprint density at radius 2 is 1.52 bits per heavy atom. The van der Waals surface area contributed by atoms with Crippen LogP contribution in [0.25, 0.3) is 0 Å².